The van der Waals surface area contributed by atoms with Gasteiger partial charge in [0.25, 0.3) is 17.7 Å². The Kier molecular flexibility index (Phi) is 5.95. The van der Waals surface area contributed by atoms with E-state index in [1.54, 1.807) is 11.8 Å². The van der Waals surface area contributed by atoms with Gasteiger partial charge in [-0.3, -0.25) is 19.3 Å². The summed E-state index contributed by atoms with van der Waals surface area (Å²) in [6.45, 7) is 13.9. The van der Waals surface area contributed by atoms with Crippen LogP contribution in [0, 0.1) is 20.8 Å². The zero-order chi connectivity index (χ0) is 35.2. The third-order valence-electron chi connectivity index (χ3n) is 11.0. The van der Waals surface area contributed by atoms with Crippen LogP contribution in [0.5, 0.6) is 0 Å². The average Bonchev–Trinajstić information content (AvgIpc) is 3.06. The molecule has 0 aliphatic carbocycles. The first-order chi connectivity index (χ1) is 23.7. The molecular formula is C44H36N2O4. The summed E-state index contributed by atoms with van der Waals surface area (Å²) in [5.41, 5.74) is 5.30. The van der Waals surface area contributed by atoms with E-state index in [-0.39, 0.29) is 23.1 Å². The molecule has 2 heterocycles. The summed E-state index contributed by atoms with van der Waals surface area (Å²) >= 11 is 0. The Morgan fingerprint density at radius 2 is 1.04 bits per heavy atom. The van der Waals surface area contributed by atoms with Gasteiger partial charge in [0.05, 0.1) is 11.4 Å². The van der Waals surface area contributed by atoms with Crippen LogP contribution in [-0.2, 0) is 11.1 Å². The molecule has 246 valence electrons. The maximum absolute atomic E-state index is 14.7. The van der Waals surface area contributed by atoms with Gasteiger partial charge in [-0.1, -0.05) is 75.4 Å². The zero-order valence-electron chi connectivity index (χ0n) is 29.1. The van der Waals surface area contributed by atoms with Crippen molar-refractivity contribution >= 4 is 72.2 Å². The number of anilines is 2. The van der Waals surface area contributed by atoms with Crippen molar-refractivity contribution in [1.82, 2.24) is 0 Å². The van der Waals surface area contributed by atoms with E-state index >= 15 is 0 Å². The number of carbonyl (C=O) groups excluding carboxylic acids is 3. The van der Waals surface area contributed by atoms with Crippen LogP contribution in [0.4, 0.5) is 11.4 Å². The van der Waals surface area contributed by atoms with Gasteiger partial charge >= 0.3 is 0 Å². The molecule has 0 aromatic heterocycles. The van der Waals surface area contributed by atoms with Crippen LogP contribution in [-0.4, -0.2) is 22.8 Å². The van der Waals surface area contributed by atoms with Gasteiger partial charge < -0.3 is 5.11 Å². The van der Waals surface area contributed by atoms with Gasteiger partial charge in [0, 0.05) is 33.0 Å². The highest BCUT2D eigenvalue weighted by Crippen LogP contribution is 2.50. The summed E-state index contributed by atoms with van der Waals surface area (Å²) < 4.78 is 0. The molecule has 2 aliphatic heterocycles. The number of aliphatic hydroxyl groups is 1. The highest BCUT2D eigenvalue weighted by atomic mass is 16.3. The van der Waals surface area contributed by atoms with Crippen molar-refractivity contribution in [2.24, 2.45) is 0 Å². The predicted molar refractivity (Wildman–Crippen MR) is 201 cm³/mol. The van der Waals surface area contributed by atoms with E-state index < -0.39 is 5.72 Å². The Bertz CT molecular complexity index is 2640. The monoisotopic (exact) mass is 656 g/mol. The smallest absolute Gasteiger partial charge is 0.265 e. The molecule has 1 unspecified atom stereocenters. The Balaban J connectivity index is 1.31. The molecule has 0 radical (unpaired) electrons. The molecular weight excluding hydrogens is 620 g/mol. The summed E-state index contributed by atoms with van der Waals surface area (Å²) in [7, 11) is 0. The Morgan fingerprint density at radius 1 is 0.560 bits per heavy atom. The first-order valence-corrected chi connectivity index (χ1v) is 17.0. The number of nitrogens with zero attached hydrogens (tertiary/aromatic N) is 2. The Labute approximate surface area is 289 Å². The number of rotatable bonds is 2. The van der Waals surface area contributed by atoms with Crippen LogP contribution in [0.2, 0.25) is 0 Å². The quantitative estimate of drug-likeness (QED) is 0.114. The molecule has 9 rings (SSSR count). The third-order valence-corrected chi connectivity index (χ3v) is 11.0. The van der Waals surface area contributed by atoms with Crippen LogP contribution < -0.4 is 9.80 Å². The minimum Gasteiger partial charge on any atom is -0.367 e. The van der Waals surface area contributed by atoms with Crippen molar-refractivity contribution in [3.8, 4) is 0 Å². The second kappa shape index (κ2) is 9.77. The van der Waals surface area contributed by atoms with E-state index in [0.717, 1.165) is 60.0 Å². The maximum atomic E-state index is 14.7. The van der Waals surface area contributed by atoms with E-state index in [1.807, 2.05) is 99.6 Å². The van der Waals surface area contributed by atoms with Gasteiger partial charge in [-0.15, -0.1) is 0 Å². The van der Waals surface area contributed by atoms with Gasteiger partial charge in [0.1, 0.15) is 0 Å². The summed E-state index contributed by atoms with van der Waals surface area (Å²) in [4.78, 5) is 45.9. The number of amides is 3. The van der Waals surface area contributed by atoms with Crippen molar-refractivity contribution in [2.75, 3.05) is 9.80 Å². The molecule has 0 spiro atoms. The maximum Gasteiger partial charge on any atom is 0.265 e. The molecule has 7 aromatic rings. The number of benzene rings is 7. The van der Waals surface area contributed by atoms with E-state index in [2.05, 4.69) is 26.8 Å². The molecule has 0 saturated heterocycles. The topological polar surface area (TPSA) is 77.9 Å². The normalized spacial score (nSPS) is 17.7. The van der Waals surface area contributed by atoms with Gasteiger partial charge in [-0.2, -0.15) is 0 Å². The summed E-state index contributed by atoms with van der Waals surface area (Å²) in [5, 5.41) is 19.2. The predicted octanol–water partition coefficient (Wildman–Crippen LogP) is 9.59. The van der Waals surface area contributed by atoms with Gasteiger partial charge in [-0.25, -0.2) is 4.90 Å². The molecule has 7 aromatic carbocycles. The molecule has 3 amide bonds. The fraction of sp³-hybridized carbons (Fsp3) is 0.205. The van der Waals surface area contributed by atoms with Crippen molar-refractivity contribution in [1.29, 1.82) is 0 Å². The third kappa shape index (κ3) is 3.80. The number of carbonyl (C=O) groups is 3. The standard InChI is InChI=1S/C44H36N2O4/c1-22-8-10-24(3)34(20-22)45-40(47)29-14-11-25-27-13-16-31-39-33(19-17-28(37(27)39)26-12-15-30(41(45)48)38(29)36(25)26)44(7,50)46(42(31)49)35-21-23(2)9-18-32(35)43(4,5)6/h8-21,50H,1-7H3. The SMILES string of the molecule is Cc1ccc(C)c(N2C(=O)c3ccc4c5ccc6c7c(ccc(c8ccc(c3c48)C2=O)c75)C(C)(O)N(c2cc(C)ccc2C(C)(C)C)C6=O)c1. The van der Waals surface area contributed by atoms with Crippen molar-refractivity contribution < 1.29 is 19.5 Å². The van der Waals surface area contributed by atoms with Crippen molar-refractivity contribution in [3.05, 3.63) is 129 Å². The van der Waals surface area contributed by atoms with Crippen LogP contribution in [0.1, 0.15) is 86.6 Å². The number of hydrogen-bond acceptors (Lipinski definition) is 4. The van der Waals surface area contributed by atoms with Crippen LogP contribution in [0.25, 0.3) is 43.1 Å². The van der Waals surface area contributed by atoms with Crippen LogP contribution in [0.3, 0.4) is 0 Å². The van der Waals surface area contributed by atoms with Gasteiger partial charge in [-0.05, 0) is 118 Å². The summed E-state index contributed by atoms with van der Waals surface area (Å²) in [6.07, 6.45) is 0. The second-order valence-corrected chi connectivity index (χ2v) is 15.3. The lowest BCUT2D eigenvalue weighted by Gasteiger charge is -2.44. The number of aryl methyl sites for hydroxylation is 3. The first kappa shape index (κ1) is 30.5. The Morgan fingerprint density at radius 3 is 1.60 bits per heavy atom. The summed E-state index contributed by atoms with van der Waals surface area (Å²) in [6, 6.07) is 27.2. The Hall–Kier alpha value is -5.59. The minimum atomic E-state index is -1.64. The highest BCUT2D eigenvalue weighted by Gasteiger charge is 2.45. The van der Waals surface area contributed by atoms with Gasteiger partial charge in [0.15, 0.2) is 5.72 Å². The molecule has 50 heavy (non-hydrogen) atoms. The van der Waals surface area contributed by atoms with E-state index in [9.17, 15) is 19.5 Å². The number of imide groups is 1. The lowest BCUT2D eigenvalue weighted by molar-refractivity contribution is 0.0441. The largest absolute Gasteiger partial charge is 0.367 e. The molecule has 0 saturated carbocycles. The van der Waals surface area contributed by atoms with E-state index in [4.69, 9.17) is 0 Å². The average molecular weight is 657 g/mol. The lowest BCUT2D eigenvalue weighted by Crippen LogP contribution is -2.51. The first-order valence-electron chi connectivity index (χ1n) is 17.0. The molecule has 6 nitrogen and oxygen atoms in total. The van der Waals surface area contributed by atoms with Crippen LogP contribution in [0.15, 0.2) is 84.9 Å². The second-order valence-electron chi connectivity index (χ2n) is 15.3. The number of hydrogen-bond donors (Lipinski definition) is 1. The molecule has 0 bridgehead atoms. The zero-order valence-corrected chi connectivity index (χ0v) is 29.1. The molecule has 0 fully saturated rings. The minimum absolute atomic E-state index is 0.263. The van der Waals surface area contributed by atoms with Gasteiger partial charge in [0.2, 0.25) is 0 Å². The van der Waals surface area contributed by atoms with E-state index in [0.29, 0.717) is 39.0 Å². The highest BCUT2D eigenvalue weighted by molar-refractivity contribution is 6.43. The van der Waals surface area contributed by atoms with Crippen molar-refractivity contribution in [2.45, 2.75) is 59.6 Å². The van der Waals surface area contributed by atoms with Crippen molar-refractivity contribution in [3.63, 3.8) is 0 Å². The molecule has 2 aliphatic rings. The fourth-order valence-electron chi connectivity index (χ4n) is 8.57. The molecule has 6 heteroatoms. The lowest BCUT2D eigenvalue weighted by atomic mass is 9.79. The molecule has 1 N–H and O–H groups in total. The molecule has 1 atom stereocenters. The summed E-state index contributed by atoms with van der Waals surface area (Å²) in [5.74, 6) is -0.951. The van der Waals surface area contributed by atoms with E-state index in [1.165, 1.54) is 4.90 Å². The van der Waals surface area contributed by atoms with Crippen LogP contribution >= 0.6 is 0 Å². The fourth-order valence-corrected chi connectivity index (χ4v) is 8.57. The number of fused-ring (bicyclic) bond motifs is 2.